The van der Waals surface area contributed by atoms with E-state index < -0.39 is 6.03 Å². The number of nitrogens with zero attached hydrogens (tertiary/aromatic N) is 1. The summed E-state index contributed by atoms with van der Waals surface area (Å²) in [5.74, 6) is 0.364. The first kappa shape index (κ1) is 15.7. The summed E-state index contributed by atoms with van der Waals surface area (Å²) in [6.45, 7) is 0. The Morgan fingerprint density at radius 3 is 2.68 bits per heavy atom. The number of hydrogen-bond acceptors (Lipinski definition) is 4. The van der Waals surface area contributed by atoms with Gasteiger partial charge in [0.1, 0.15) is 0 Å². The number of carbonyl (C=O) groups excluding carboxylic acids is 1. The number of hydrazone groups is 1. The van der Waals surface area contributed by atoms with Crippen LogP contribution >= 0.6 is 11.6 Å². The third-order valence-electron chi connectivity index (χ3n) is 2.69. The number of methoxy groups -OCH3 is 1. The minimum Gasteiger partial charge on any atom is -0.504 e. The smallest absolute Gasteiger partial charge is 0.339 e. The SMILES string of the molecule is COc1cc(C=NNC(=O)Nc2ccc(Cl)cc2)ccc1O. The molecule has 22 heavy (non-hydrogen) atoms. The van der Waals surface area contributed by atoms with Crippen LogP contribution < -0.4 is 15.5 Å². The van der Waals surface area contributed by atoms with E-state index in [1.54, 1.807) is 36.4 Å². The summed E-state index contributed by atoms with van der Waals surface area (Å²) in [7, 11) is 1.45. The highest BCUT2D eigenvalue weighted by molar-refractivity contribution is 6.30. The molecule has 2 rings (SSSR count). The monoisotopic (exact) mass is 319 g/mol. The van der Waals surface area contributed by atoms with E-state index in [4.69, 9.17) is 16.3 Å². The standard InChI is InChI=1S/C15H14ClN3O3/c1-22-14-8-10(2-7-13(14)20)9-17-19-15(21)18-12-5-3-11(16)4-6-12/h2-9,20H,1H3,(H2,18,19,21). The topological polar surface area (TPSA) is 83.0 Å². The number of amides is 2. The highest BCUT2D eigenvalue weighted by atomic mass is 35.5. The van der Waals surface area contributed by atoms with Crippen molar-refractivity contribution in [2.24, 2.45) is 5.10 Å². The molecule has 2 aromatic rings. The average molecular weight is 320 g/mol. The Bertz CT molecular complexity index is 687. The van der Waals surface area contributed by atoms with Gasteiger partial charge in [0.15, 0.2) is 11.5 Å². The summed E-state index contributed by atoms with van der Waals surface area (Å²) >= 11 is 5.76. The van der Waals surface area contributed by atoms with Gasteiger partial charge in [0.2, 0.25) is 0 Å². The van der Waals surface area contributed by atoms with Crippen LogP contribution in [0.1, 0.15) is 5.56 Å². The number of halogens is 1. The number of rotatable bonds is 4. The van der Waals surface area contributed by atoms with E-state index in [0.717, 1.165) is 0 Å². The third kappa shape index (κ3) is 4.39. The Labute approximate surface area is 132 Å². The molecule has 0 heterocycles. The zero-order valence-electron chi connectivity index (χ0n) is 11.7. The highest BCUT2D eigenvalue weighted by Crippen LogP contribution is 2.25. The van der Waals surface area contributed by atoms with E-state index >= 15 is 0 Å². The van der Waals surface area contributed by atoms with Crippen molar-refractivity contribution in [1.82, 2.24) is 5.43 Å². The molecule has 0 atom stereocenters. The normalized spacial score (nSPS) is 10.5. The maximum atomic E-state index is 11.6. The fourth-order valence-corrected chi connectivity index (χ4v) is 1.76. The summed E-state index contributed by atoms with van der Waals surface area (Å²) < 4.78 is 4.98. The number of hydrogen-bond donors (Lipinski definition) is 3. The van der Waals surface area contributed by atoms with Crippen LogP contribution in [0.15, 0.2) is 47.6 Å². The van der Waals surface area contributed by atoms with Gasteiger partial charge in [-0.3, -0.25) is 0 Å². The van der Waals surface area contributed by atoms with Crippen LogP contribution in [0.2, 0.25) is 5.02 Å². The number of phenolic OH excluding ortho intramolecular Hbond substituents is 1. The lowest BCUT2D eigenvalue weighted by Gasteiger charge is -2.05. The molecule has 2 amide bonds. The number of nitrogens with one attached hydrogen (secondary N) is 2. The van der Waals surface area contributed by atoms with Gasteiger partial charge in [0.05, 0.1) is 13.3 Å². The summed E-state index contributed by atoms with van der Waals surface area (Å²) in [6.07, 6.45) is 1.43. The zero-order chi connectivity index (χ0) is 15.9. The van der Waals surface area contributed by atoms with Crippen molar-refractivity contribution < 1.29 is 14.6 Å². The summed E-state index contributed by atoms with van der Waals surface area (Å²) in [4.78, 5) is 11.6. The van der Waals surface area contributed by atoms with Gasteiger partial charge in [-0.25, -0.2) is 10.2 Å². The lowest BCUT2D eigenvalue weighted by Crippen LogP contribution is -2.24. The van der Waals surface area contributed by atoms with Crippen molar-refractivity contribution in [3.63, 3.8) is 0 Å². The van der Waals surface area contributed by atoms with Crippen LogP contribution in [0.25, 0.3) is 0 Å². The third-order valence-corrected chi connectivity index (χ3v) is 2.94. The molecule has 0 bridgehead atoms. The van der Waals surface area contributed by atoms with Gasteiger partial charge in [-0.2, -0.15) is 5.10 Å². The van der Waals surface area contributed by atoms with Gasteiger partial charge in [0, 0.05) is 10.7 Å². The van der Waals surface area contributed by atoms with Gasteiger partial charge in [-0.15, -0.1) is 0 Å². The predicted octanol–water partition coefficient (Wildman–Crippen LogP) is 3.21. The molecular weight excluding hydrogens is 306 g/mol. The van der Waals surface area contributed by atoms with Crippen molar-refractivity contribution >= 4 is 29.5 Å². The highest BCUT2D eigenvalue weighted by Gasteiger charge is 2.02. The van der Waals surface area contributed by atoms with Gasteiger partial charge in [0.25, 0.3) is 0 Å². The lowest BCUT2D eigenvalue weighted by molar-refractivity contribution is 0.252. The van der Waals surface area contributed by atoms with Gasteiger partial charge >= 0.3 is 6.03 Å². The van der Waals surface area contributed by atoms with E-state index in [-0.39, 0.29) is 5.75 Å². The maximum absolute atomic E-state index is 11.6. The van der Waals surface area contributed by atoms with Crippen molar-refractivity contribution in [3.8, 4) is 11.5 Å². The molecular formula is C15H14ClN3O3. The number of anilines is 1. The van der Waals surface area contributed by atoms with E-state index in [9.17, 15) is 9.90 Å². The van der Waals surface area contributed by atoms with Crippen LogP contribution in [0.3, 0.4) is 0 Å². The lowest BCUT2D eigenvalue weighted by atomic mass is 10.2. The van der Waals surface area contributed by atoms with Gasteiger partial charge in [-0.05, 0) is 48.0 Å². The minimum atomic E-state index is -0.482. The second kappa shape index (κ2) is 7.33. The Balaban J connectivity index is 1.91. The second-order valence-corrected chi connectivity index (χ2v) is 4.70. The summed E-state index contributed by atoms with van der Waals surface area (Å²) in [5, 5.41) is 16.5. The number of urea groups is 1. The van der Waals surface area contributed by atoms with E-state index in [2.05, 4.69) is 15.8 Å². The molecule has 0 unspecified atom stereocenters. The Morgan fingerprint density at radius 2 is 2.00 bits per heavy atom. The Morgan fingerprint density at radius 1 is 1.27 bits per heavy atom. The average Bonchev–Trinajstić information content (AvgIpc) is 2.51. The van der Waals surface area contributed by atoms with Crippen molar-refractivity contribution in [2.45, 2.75) is 0 Å². The molecule has 0 spiro atoms. The molecule has 0 radical (unpaired) electrons. The number of benzene rings is 2. The first-order chi connectivity index (χ1) is 10.6. The molecule has 114 valence electrons. The molecule has 0 aromatic heterocycles. The van der Waals surface area contributed by atoms with Gasteiger partial charge < -0.3 is 15.2 Å². The molecule has 0 aliphatic heterocycles. The van der Waals surface area contributed by atoms with E-state index in [1.807, 2.05) is 0 Å². The second-order valence-electron chi connectivity index (χ2n) is 4.26. The molecule has 0 saturated carbocycles. The van der Waals surface area contributed by atoms with Crippen LogP contribution in [-0.2, 0) is 0 Å². The molecule has 2 aromatic carbocycles. The Kier molecular flexibility index (Phi) is 5.21. The molecule has 7 heteroatoms. The van der Waals surface area contributed by atoms with Crippen molar-refractivity contribution in [1.29, 1.82) is 0 Å². The predicted molar refractivity (Wildman–Crippen MR) is 85.9 cm³/mol. The van der Waals surface area contributed by atoms with E-state index in [0.29, 0.717) is 22.0 Å². The molecule has 0 fully saturated rings. The number of ether oxygens (including phenoxy) is 1. The number of phenols is 1. The maximum Gasteiger partial charge on any atom is 0.339 e. The molecule has 3 N–H and O–H groups in total. The minimum absolute atomic E-state index is 0.0353. The first-order valence-electron chi connectivity index (χ1n) is 6.31. The zero-order valence-corrected chi connectivity index (χ0v) is 12.5. The Hall–Kier alpha value is -2.73. The van der Waals surface area contributed by atoms with E-state index in [1.165, 1.54) is 19.4 Å². The summed E-state index contributed by atoms with van der Waals surface area (Å²) in [5.41, 5.74) is 3.60. The number of aromatic hydroxyl groups is 1. The number of carbonyl (C=O) groups is 1. The van der Waals surface area contributed by atoms with Crippen LogP contribution in [0, 0.1) is 0 Å². The molecule has 0 aliphatic carbocycles. The van der Waals surface area contributed by atoms with Crippen LogP contribution in [-0.4, -0.2) is 24.5 Å². The fourth-order valence-electron chi connectivity index (χ4n) is 1.63. The van der Waals surface area contributed by atoms with Crippen LogP contribution in [0.5, 0.6) is 11.5 Å². The van der Waals surface area contributed by atoms with Gasteiger partial charge in [-0.1, -0.05) is 11.6 Å². The largest absolute Gasteiger partial charge is 0.504 e. The fraction of sp³-hybridized carbons (Fsp3) is 0.0667. The van der Waals surface area contributed by atoms with Crippen LogP contribution in [0.4, 0.5) is 10.5 Å². The summed E-state index contributed by atoms with van der Waals surface area (Å²) in [6, 6.07) is 10.9. The van der Waals surface area contributed by atoms with Crippen molar-refractivity contribution in [3.05, 3.63) is 53.1 Å². The quantitative estimate of drug-likeness (QED) is 0.597. The molecule has 0 saturated heterocycles. The van der Waals surface area contributed by atoms with Crippen molar-refractivity contribution in [2.75, 3.05) is 12.4 Å². The molecule has 0 aliphatic rings. The molecule has 6 nitrogen and oxygen atoms in total. The first-order valence-corrected chi connectivity index (χ1v) is 6.69.